The Morgan fingerprint density at radius 1 is 1.24 bits per heavy atom. The Morgan fingerprint density at radius 2 is 1.97 bits per heavy atom. The number of ether oxygens (including phenoxy) is 1. The van der Waals surface area contributed by atoms with Crippen LogP contribution in [0.25, 0.3) is 0 Å². The number of hydrogen-bond acceptors (Lipinski definition) is 5. The van der Waals surface area contributed by atoms with Crippen LogP contribution in [0.1, 0.15) is 42.2 Å². The Hall–Kier alpha value is -3.14. The lowest BCUT2D eigenvalue weighted by molar-refractivity contribution is -0.167. The molecule has 1 saturated heterocycles. The summed E-state index contributed by atoms with van der Waals surface area (Å²) in [4.78, 5) is 40.2. The van der Waals surface area contributed by atoms with E-state index in [4.69, 9.17) is 9.15 Å². The number of imide groups is 1. The number of aryl methyl sites for hydroxylation is 1. The molecule has 0 unspecified atom stereocenters. The zero-order valence-corrected chi connectivity index (χ0v) is 18.3. The van der Waals surface area contributed by atoms with E-state index >= 15 is 0 Å². The minimum Gasteiger partial charge on any atom is -0.467 e. The maximum absolute atomic E-state index is 13.6. The van der Waals surface area contributed by atoms with Gasteiger partial charge in [0.1, 0.15) is 5.76 Å². The van der Waals surface area contributed by atoms with Gasteiger partial charge < -0.3 is 14.5 Å². The normalized spacial score (nSPS) is 19.7. The molecule has 7 nitrogen and oxygen atoms in total. The van der Waals surface area contributed by atoms with Crippen molar-refractivity contribution in [3.05, 3.63) is 59.5 Å². The molecule has 0 saturated carbocycles. The second-order valence-electron chi connectivity index (χ2n) is 8.01. The number of amides is 3. The van der Waals surface area contributed by atoms with Crippen LogP contribution in [0.5, 0.6) is 0 Å². The number of halogens is 3. The lowest BCUT2D eigenvalue weighted by Crippen LogP contribution is -2.45. The molecule has 0 bridgehead atoms. The molecule has 2 atom stereocenters. The Kier molecular flexibility index (Phi) is 7.26. The minimum atomic E-state index is -4.81. The van der Waals surface area contributed by atoms with E-state index in [0.29, 0.717) is 24.2 Å². The largest absolute Gasteiger partial charge is 0.467 e. The van der Waals surface area contributed by atoms with Gasteiger partial charge in [0.05, 0.1) is 11.7 Å². The number of nitrogens with zero attached hydrogens (tertiary/aromatic N) is 1. The van der Waals surface area contributed by atoms with Gasteiger partial charge in [-0.2, -0.15) is 13.2 Å². The van der Waals surface area contributed by atoms with Crippen LogP contribution in [0.4, 0.5) is 13.2 Å². The lowest BCUT2D eigenvalue weighted by Gasteiger charge is -2.29. The molecule has 178 valence electrons. The molecule has 2 aromatic rings. The number of carbonyl (C=O) groups is 3. The van der Waals surface area contributed by atoms with E-state index in [1.54, 1.807) is 31.2 Å². The molecule has 0 aliphatic carbocycles. The minimum absolute atomic E-state index is 0.0956. The van der Waals surface area contributed by atoms with Crippen molar-refractivity contribution in [2.24, 2.45) is 0 Å². The van der Waals surface area contributed by atoms with Crippen molar-refractivity contribution in [2.75, 3.05) is 20.3 Å². The summed E-state index contributed by atoms with van der Waals surface area (Å²) >= 11 is 0. The van der Waals surface area contributed by atoms with Crippen LogP contribution >= 0.6 is 0 Å². The van der Waals surface area contributed by atoms with E-state index in [-0.39, 0.29) is 13.0 Å². The monoisotopic (exact) mass is 466 g/mol. The van der Waals surface area contributed by atoms with Gasteiger partial charge in [0.15, 0.2) is 6.04 Å². The fraction of sp³-hybridized carbons (Fsp3) is 0.435. The van der Waals surface area contributed by atoms with E-state index in [1.807, 2.05) is 5.32 Å². The van der Waals surface area contributed by atoms with Gasteiger partial charge in [-0.1, -0.05) is 24.3 Å². The van der Waals surface area contributed by atoms with E-state index in [0.717, 1.165) is 17.2 Å². The Labute approximate surface area is 188 Å². The van der Waals surface area contributed by atoms with E-state index in [2.05, 4.69) is 0 Å². The molecule has 1 aromatic heterocycles. The molecule has 0 radical (unpaired) electrons. The van der Waals surface area contributed by atoms with Crippen LogP contribution < -0.4 is 5.32 Å². The van der Waals surface area contributed by atoms with Crippen molar-refractivity contribution in [1.29, 1.82) is 0 Å². The first kappa shape index (κ1) is 24.5. The standard InChI is InChI=1S/C23H25F3N2O5/c1-15-7-3-4-8-16(15)22(14-19(30)28(21(22)31)10-6-11-32-2)13-18(29)27-20(23(24,25)26)17-9-5-12-33-17/h3-5,7-9,12,20H,6,10-11,13-14H2,1-2H3,(H,27,29)/t20-,22-/m1/s1. The van der Waals surface area contributed by atoms with Crippen LogP contribution in [-0.4, -0.2) is 49.1 Å². The first-order valence-electron chi connectivity index (χ1n) is 10.4. The van der Waals surface area contributed by atoms with E-state index < -0.39 is 47.5 Å². The van der Waals surface area contributed by atoms with Crippen molar-refractivity contribution in [3.8, 4) is 0 Å². The van der Waals surface area contributed by atoms with Crippen molar-refractivity contribution in [3.63, 3.8) is 0 Å². The molecule has 1 aromatic carbocycles. The number of alkyl halides is 3. The van der Waals surface area contributed by atoms with Gasteiger partial charge >= 0.3 is 6.18 Å². The maximum Gasteiger partial charge on any atom is 0.415 e. The van der Waals surface area contributed by atoms with Gasteiger partial charge in [-0.05, 0) is 36.6 Å². The molecule has 10 heteroatoms. The summed E-state index contributed by atoms with van der Waals surface area (Å²) in [6.07, 6.45) is -4.26. The average molecular weight is 466 g/mol. The second kappa shape index (κ2) is 9.78. The third-order valence-electron chi connectivity index (χ3n) is 5.72. The summed E-state index contributed by atoms with van der Waals surface area (Å²) < 4.78 is 50.6. The van der Waals surface area contributed by atoms with E-state index in [1.165, 1.54) is 13.2 Å². The Balaban J connectivity index is 1.93. The van der Waals surface area contributed by atoms with Gasteiger partial charge in [-0.3, -0.25) is 19.3 Å². The molecule has 0 spiro atoms. The number of nitrogens with one attached hydrogen (secondary N) is 1. The van der Waals surface area contributed by atoms with Gasteiger partial charge in [0.2, 0.25) is 17.7 Å². The number of furan rings is 1. The summed E-state index contributed by atoms with van der Waals surface area (Å²) in [5, 5.41) is 1.94. The van der Waals surface area contributed by atoms with Gasteiger partial charge in [-0.15, -0.1) is 0 Å². The molecular weight excluding hydrogens is 441 g/mol. The fourth-order valence-corrected chi connectivity index (χ4v) is 4.20. The molecule has 3 amide bonds. The summed E-state index contributed by atoms with van der Waals surface area (Å²) in [6, 6.07) is 6.76. The van der Waals surface area contributed by atoms with Crippen molar-refractivity contribution >= 4 is 17.7 Å². The highest BCUT2D eigenvalue weighted by Gasteiger charge is 2.54. The molecule has 1 fully saturated rings. The zero-order chi connectivity index (χ0) is 24.2. The number of rotatable bonds is 9. The first-order valence-corrected chi connectivity index (χ1v) is 10.4. The number of likely N-dealkylation sites (tertiary alicyclic amines) is 1. The van der Waals surface area contributed by atoms with Crippen LogP contribution in [0, 0.1) is 6.92 Å². The highest BCUT2D eigenvalue weighted by molar-refractivity contribution is 6.11. The smallest absolute Gasteiger partial charge is 0.415 e. The Bertz CT molecular complexity index is 1010. The van der Waals surface area contributed by atoms with Crippen molar-refractivity contribution in [2.45, 2.75) is 43.8 Å². The first-order chi connectivity index (χ1) is 15.6. The maximum atomic E-state index is 13.6. The predicted molar refractivity (Wildman–Crippen MR) is 111 cm³/mol. The summed E-state index contributed by atoms with van der Waals surface area (Å²) in [5.41, 5.74) is -0.503. The van der Waals surface area contributed by atoms with Crippen LogP contribution in [0.15, 0.2) is 47.1 Å². The van der Waals surface area contributed by atoms with E-state index in [9.17, 15) is 27.6 Å². The van der Waals surface area contributed by atoms with Gasteiger partial charge in [-0.25, -0.2) is 0 Å². The molecule has 1 aliphatic rings. The lowest BCUT2D eigenvalue weighted by atomic mass is 9.74. The van der Waals surface area contributed by atoms with Gasteiger partial charge in [0.25, 0.3) is 0 Å². The number of methoxy groups -OCH3 is 1. The topological polar surface area (TPSA) is 88.8 Å². The average Bonchev–Trinajstić information content (AvgIpc) is 3.35. The quantitative estimate of drug-likeness (QED) is 0.452. The molecule has 1 aliphatic heterocycles. The Morgan fingerprint density at radius 3 is 2.58 bits per heavy atom. The molecule has 1 N–H and O–H groups in total. The fourth-order valence-electron chi connectivity index (χ4n) is 4.20. The SMILES string of the molecule is COCCCN1C(=O)C[C@](CC(=O)N[C@H](c2ccco2)C(F)(F)F)(c2ccccc2C)C1=O. The zero-order valence-electron chi connectivity index (χ0n) is 18.3. The molecule has 2 heterocycles. The molecule has 33 heavy (non-hydrogen) atoms. The summed E-state index contributed by atoms with van der Waals surface area (Å²) in [6.45, 7) is 2.14. The number of carbonyl (C=O) groups excluding carboxylic acids is 3. The van der Waals surface area contributed by atoms with Crippen molar-refractivity contribution in [1.82, 2.24) is 10.2 Å². The highest BCUT2D eigenvalue weighted by Crippen LogP contribution is 2.42. The summed E-state index contributed by atoms with van der Waals surface area (Å²) in [5.74, 6) is -2.58. The number of hydrogen-bond donors (Lipinski definition) is 1. The predicted octanol–water partition coefficient (Wildman–Crippen LogP) is 3.43. The van der Waals surface area contributed by atoms with Crippen LogP contribution in [-0.2, 0) is 24.5 Å². The second-order valence-corrected chi connectivity index (χ2v) is 8.01. The molecule has 3 rings (SSSR count). The van der Waals surface area contributed by atoms with Crippen LogP contribution in [0.3, 0.4) is 0 Å². The molecular formula is C23H25F3N2O5. The van der Waals surface area contributed by atoms with Crippen LogP contribution in [0.2, 0.25) is 0 Å². The number of benzene rings is 1. The van der Waals surface area contributed by atoms with Gasteiger partial charge in [0, 0.05) is 33.1 Å². The van der Waals surface area contributed by atoms with Crippen molar-refractivity contribution < 1.29 is 36.7 Å². The third-order valence-corrected chi connectivity index (χ3v) is 5.72. The summed E-state index contributed by atoms with van der Waals surface area (Å²) in [7, 11) is 1.49. The third kappa shape index (κ3) is 5.11. The highest BCUT2D eigenvalue weighted by atomic mass is 19.4.